The first-order chi connectivity index (χ1) is 28.0. The number of aryl methyl sites for hydroxylation is 2. The predicted molar refractivity (Wildman–Crippen MR) is 221 cm³/mol. The van der Waals surface area contributed by atoms with Crippen molar-refractivity contribution in [1.29, 1.82) is 0 Å². The first-order valence-corrected chi connectivity index (χ1v) is 20.6. The lowest BCUT2D eigenvalue weighted by atomic mass is 9.97. The number of amides is 1. The number of ether oxygens (including phenoxy) is 4. The van der Waals surface area contributed by atoms with Crippen molar-refractivity contribution in [3.8, 4) is 0 Å². The zero-order valence-corrected chi connectivity index (χ0v) is 35.8. The number of nitrogens with zero attached hydrogens (tertiary/aromatic N) is 7. The number of hydrogen-bond acceptors (Lipinski definition) is 15. The van der Waals surface area contributed by atoms with E-state index in [9.17, 15) is 19.5 Å². The molecule has 0 saturated carbocycles. The Bertz CT molecular complexity index is 2080. The van der Waals surface area contributed by atoms with Crippen LogP contribution in [0.15, 0.2) is 35.9 Å². The van der Waals surface area contributed by atoms with E-state index in [1.807, 2.05) is 64.1 Å². The van der Waals surface area contributed by atoms with Crippen molar-refractivity contribution >= 4 is 46.3 Å². The lowest BCUT2D eigenvalue weighted by Crippen LogP contribution is -2.43. The van der Waals surface area contributed by atoms with E-state index in [1.165, 1.54) is 6.20 Å². The van der Waals surface area contributed by atoms with Gasteiger partial charge in [0.15, 0.2) is 5.65 Å². The monoisotopic (exact) mass is 820 g/mol. The summed E-state index contributed by atoms with van der Waals surface area (Å²) in [6.45, 7) is 20.3. The van der Waals surface area contributed by atoms with E-state index in [0.29, 0.717) is 73.6 Å². The number of carbonyl (C=O) groups excluding carboxylic acids is 3. The maximum Gasteiger partial charge on any atom is 0.410 e. The van der Waals surface area contributed by atoms with Crippen LogP contribution in [0.3, 0.4) is 0 Å². The molecule has 3 aliphatic heterocycles. The summed E-state index contributed by atoms with van der Waals surface area (Å²) in [6.07, 6.45) is 7.27. The van der Waals surface area contributed by atoms with Gasteiger partial charge in [-0.25, -0.2) is 28.7 Å². The average Bonchev–Trinajstić information content (AvgIpc) is 3.98. The number of carbonyl (C=O) groups is 3. The number of pyridine rings is 1. The molecule has 3 atom stereocenters. The third-order valence-electron chi connectivity index (χ3n) is 10.4. The molecule has 2 unspecified atom stereocenters. The fourth-order valence-electron chi connectivity index (χ4n) is 7.58. The van der Waals surface area contributed by atoms with Crippen LogP contribution in [0.1, 0.15) is 97.5 Å². The second kappa shape index (κ2) is 18.0. The summed E-state index contributed by atoms with van der Waals surface area (Å²) in [5, 5.41) is 30.9. The van der Waals surface area contributed by atoms with Gasteiger partial charge in [-0.2, -0.15) is 10.2 Å². The summed E-state index contributed by atoms with van der Waals surface area (Å²) in [5.41, 5.74) is 2.81. The molecule has 0 spiro atoms. The Morgan fingerprint density at radius 1 is 1.02 bits per heavy atom. The van der Waals surface area contributed by atoms with Gasteiger partial charge in [0, 0.05) is 50.7 Å². The zero-order chi connectivity index (χ0) is 42.6. The topological polar surface area (TPSA) is 199 Å². The fourth-order valence-corrected chi connectivity index (χ4v) is 7.58. The maximum absolute atomic E-state index is 13.5. The van der Waals surface area contributed by atoms with Gasteiger partial charge in [-0.1, -0.05) is 0 Å². The van der Waals surface area contributed by atoms with Gasteiger partial charge in [0.1, 0.15) is 17.0 Å². The number of rotatable bonds is 16. The first kappa shape index (κ1) is 43.4. The minimum absolute atomic E-state index is 0.0538. The SMILES string of the molecule is CCOC(=O)C1=C(N[C@H]2CCN(C(O)OC(C)(C)C)C2)c2cnn(CCCC(C)(C)OC(=O)N3CC=C(Nc4c(C(=O)OCC)cnc5c4cnn5CC)C3)c2NC1C. The molecular weight excluding hydrogens is 761 g/mol. The molecule has 59 heavy (non-hydrogen) atoms. The Morgan fingerprint density at radius 3 is 2.46 bits per heavy atom. The van der Waals surface area contributed by atoms with Crippen molar-refractivity contribution < 1.29 is 38.4 Å². The molecule has 6 rings (SSSR count). The number of nitrogens with one attached hydrogen (secondary N) is 3. The van der Waals surface area contributed by atoms with E-state index in [2.05, 4.69) is 26.0 Å². The van der Waals surface area contributed by atoms with Gasteiger partial charge in [0.25, 0.3) is 0 Å². The zero-order valence-electron chi connectivity index (χ0n) is 35.8. The van der Waals surface area contributed by atoms with E-state index in [0.717, 1.165) is 23.5 Å². The molecule has 0 radical (unpaired) electrons. The number of likely N-dealkylation sites (tertiary alicyclic amines) is 1. The molecule has 18 nitrogen and oxygen atoms in total. The van der Waals surface area contributed by atoms with Crippen molar-refractivity contribution in [2.45, 2.75) is 124 Å². The number of esters is 2. The molecule has 322 valence electrons. The normalized spacial score (nSPS) is 19.0. The smallest absolute Gasteiger partial charge is 0.410 e. The van der Waals surface area contributed by atoms with Crippen molar-refractivity contribution in [3.05, 3.63) is 47.1 Å². The number of hydrogen-bond donors (Lipinski definition) is 4. The van der Waals surface area contributed by atoms with Crippen LogP contribution < -0.4 is 16.0 Å². The minimum atomic E-state index is -1.04. The molecule has 3 aromatic rings. The first-order valence-electron chi connectivity index (χ1n) is 20.6. The second-order valence-electron chi connectivity index (χ2n) is 16.6. The predicted octanol–water partition coefficient (Wildman–Crippen LogP) is 4.67. The number of aliphatic hydroxyl groups is 1. The molecule has 0 aliphatic carbocycles. The van der Waals surface area contributed by atoms with Crippen LogP contribution in [0.2, 0.25) is 0 Å². The quantitative estimate of drug-likeness (QED) is 0.0882. The summed E-state index contributed by atoms with van der Waals surface area (Å²) in [6, 6.07) is -0.421. The number of aliphatic hydroxyl groups excluding tert-OH is 1. The Kier molecular flexibility index (Phi) is 13.2. The number of anilines is 2. The largest absolute Gasteiger partial charge is 0.463 e. The van der Waals surface area contributed by atoms with Crippen LogP contribution in [0, 0.1) is 0 Å². The van der Waals surface area contributed by atoms with Gasteiger partial charge in [-0.05, 0) is 87.7 Å². The highest BCUT2D eigenvalue weighted by atomic mass is 16.6. The Morgan fingerprint density at radius 2 is 1.75 bits per heavy atom. The van der Waals surface area contributed by atoms with E-state index in [4.69, 9.17) is 24.0 Å². The van der Waals surface area contributed by atoms with Gasteiger partial charge >= 0.3 is 18.0 Å². The summed E-state index contributed by atoms with van der Waals surface area (Å²) in [4.78, 5) is 47.6. The second-order valence-corrected chi connectivity index (χ2v) is 16.6. The molecule has 0 aromatic carbocycles. The summed E-state index contributed by atoms with van der Waals surface area (Å²) in [5.74, 6) is -0.128. The number of fused-ring (bicyclic) bond motifs is 2. The van der Waals surface area contributed by atoms with Gasteiger partial charge < -0.3 is 40.0 Å². The molecule has 4 N–H and O–H groups in total. The van der Waals surface area contributed by atoms with Crippen LogP contribution in [-0.4, -0.2) is 127 Å². The molecule has 1 amide bonds. The highest BCUT2D eigenvalue weighted by molar-refractivity contribution is 6.05. The molecule has 1 saturated heterocycles. The van der Waals surface area contributed by atoms with Gasteiger partial charge in [0.2, 0.25) is 6.41 Å². The third kappa shape index (κ3) is 9.99. The molecule has 3 aromatic heterocycles. The highest BCUT2D eigenvalue weighted by Crippen LogP contribution is 2.35. The Labute approximate surface area is 345 Å². The maximum atomic E-state index is 13.5. The number of aromatic nitrogens is 5. The molecule has 1 fully saturated rings. The molecule has 6 heterocycles. The standard InChI is InChI=1S/C41H60N10O8/c1-10-50-34-28(21-43-50)32(30(20-42-34)36(52)56-11-2)46-26-14-19-49(23-26)39(55)59-41(8,9)16-13-17-51-35-29(22-44-51)33(31(25(4)45-35)37(53)57-12-3)47-27-15-18-48(24-27)38(54)58-40(5,6)7/h14,20-22,25,27,38,45,47,54H,10-13,15-19,23-24H2,1-9H3,(H,42,46)/t25?,27-,38?/m0/s1. The van der Waals surface area contributed by atoms with Gasteiger partial charge in [0.05, 0.1) is 71.7 Å². The van der Waals surface area contributed by atoms with Crippen LogP contribution in [-0.2, 0) is 36.8 Å². The van der Waals surface area contributed by atoms with Crippen molar-refractivity contribution in [3.63, 3.8) is 0 Å². The molecule has 18 heteroatoms. The lowest BCUT2D eigenvalue weighted by molar-refractivity contribution is -0.234. The Hall–Kier alpha value is -5.20. The van der Waals surface area contributed by atoms with Crippen molar-refractivity contribution in [2.24, 2.45) is 0 Å². The fraction of sp³-hybridized carbons (Fsp3) is 0.610. The minimum Gasteiger partial charge on any atom is -0.463 e. The van der Waals surface area contributed by atoms with Gasteiger partial charge in [-0.15, -0.1) is 0 Å². The van der Waals surface area contributed by atoms with Crippen LogP contribution in [0.4, 0.5) is 16.3 Å². The van der Waals surface area contributed by atoms with Crippen LogP contribution in [0.25, 0.3) is 16.7 Å². The summed E-state index contributed by atoms with van der Waals surface area (Å²) in [7, 11) is 0. The van der Waals surface area contributed by atoms with Gasteiger partial charge in [-0.3, -0.25) is 9.80 Å². The van der Waals surface area contributed by atoms with E-state index in [1.54, 1.807) is 35.8 Å². The molecular formula is C41H60N10O8. The van der Waals surface area contributed by atoms with Crippen LogP contribution in [0.5, 0.6) is 0 Å². The van der Waals surface area contributed by atoms with Crippen molar-refractivity contribution in [1.82, 2.24) is 39.7 Å². The molecule has 0 bridgehead atoms. The van der Waals surface area contributed by atoms with Crippen LogP contribution >= 0.6 is 0 Å². The van der Waals surface area contributed by atoms with E-state index < -0.39 is 35.6 Å². The lowest BCUT2D eigenvalue weighted by Gasteiger charge is -2.31. The highest BCUT2D eigenvalue weighted by Gasteiger charge is 2.37. The third-order valence-corrected chi connectivity index (χ3v) is 10.4. The Balaban J connectivity index is 1.07. The van der Waals surface area contributed by atoms with E-state index in [-0.39, 0.29) is 37.4 Å². The average molecular weight is 821 g/mol. The summed E-state index contributed by atoms with van der Waals surface area (Å²) < 4.78 is 26.2. The molecule has 3 aliphatic rings. The summed E-state index contributed by atoms with van der Waals surface area (Å²) >= 11 is 0. The van der Waals surface area contributed by atoms with E-state index >= 15 is 0 Å². The van der Waals surface area contributed by atoms with Crippen molar-refractivity contribution in [2.75, 3.05) is 50.0 Å².